The maximum atomic E-state index is 12.5. The molecule has 2 fully saturated rings. The minimum absolute atomic E-state index is 0.0627. The van der Waals surface area contributed by atoms with Gasteiger partial charge in [0.15, 0.2) is 0 Å². The Kier molecular flexibility index (Phi) is 4.07. The van der Waals surface area contributed by atoms with Crippen LogP contribution in [-0.2, 0) is 11.3 Å². The van der Waals surface area contributed by atoms with Crippen molar-refractivity contribution in [2.24, 2.45) is 0 Å². The Balaban J connectivity index is 1.41. The average molecular weight is 340 g/mol. The van der Waals surface area contributed by atoms with Gasteiger partial charge in [0, 0.05) is 43.1 Å². The Morgan fingerprint density at radius 2 is 2.16 bits per heavy atom. The zero-order chi connectivity index (χ0) is 17.4. The lowest BCUT2D eigenvalue weighted by molar-refractivity contribution is -0.121. The molecule has 2 aromatic heterocycles. The summed E-state index contributed by atoms with van der Waals surface area (Å²) in [4.78, 5) is 19.1. The lowest BCUT2D eigenvalue weighted by atomic mass is 9.82. The number of piperidine rings is 1. The van der Waals surface area contributed by atoms with Gasteiger partial charge in [-0.2, -0.15) is 0 Å². The van der Waals surface area contributed by atoms with Crippen molar-refractivity contribution >= 4 is 5.91 Å². The molecule has 0 aromatic carbocycles. The predicted molar refractivity (Wildman–Crippen MR) is 93.0 cm³/mol. The van der Waals surface area contributed by atoms with Crippen molar-refractivity contribution in [2.75, 3.05) is 13.1 Å². The highest BCUT2D eigenvalue weighted by atomic mass is 16.5. The largest absolute Gasteiger partial charge is 0.361 e. The van der Waals surface area contributed by atoms with Crippen molar-refractivity contribution in [3.63, 3.8) is 0 Å². The fourth-order valence-corrected chi connectivity index (χ4v) is 4.15. The van der Waals surface area contributed by atoms with Gasteiger partial charge >= 0.3 is 0 Å². The number of carbonyl (C=O) groups is 1. The molecule has 2 aliphatic heterocycles. The molecule has 4 heterocycles. The van der Waals surface area contributed by atoms with Crippen LogP contribution in [0, 0.1) is 13.8 Å². The first-order chi connectivity index (χ1) is 12.1. The second-order valence-electron chi connectivity index (χ2n) is 7.39. The summed E-state index contributed by atoms with van der Waals surface area (Å²) in [7, 11) is 0. The van der Waals surface area contributed by atoms with Crippen molar-refractivity contribution in [1.82, 2.24) is 20.4 Å². The molecule has 1 atom stereocenters. The van der Waals surface area contributed by atoms with Crippen LogP contribution < -0.4 is 5.32 Å². The van der Waals surface area contributed by atoms with Gasteiger partial charge in [-0.15, -0.1) is 0 Å². The molecule has 1 amide bonds. The van der Waals surface area contributed by atoms with Gasteiger partial charge < -0.3 is 9.84 Å². The van der Waals surface area contributed by atoms with Crippen LogP contribution >= 0.6 is 0 Å². The molecule has 1 spiro atoms. The van der Waals surface area contributed by atoms with Gasteiger partial charge in [0.05, 0.1) is 11.6 Å². The highest BCUT2D eigenvalue weighted by Crippen LogP contribution is 2.39. The highest BCUT2D eigenvalue weighted by molar-refractivity contribution is 5.87. The summed E-state index contributed by atoms with van der Waals surface area (Å²) in [5.74, 6) is 0.985. The summed E-state index contributed by atoms with van der Waals surface area (Å²) in [5.41, 5.74) is 3.13. The third-order valence-electron chi connectivity index (χ3n) is 5.76. The summed E-state index contributed by atoms with van der Waals surface area (Å²) in [5, 5.41) is 7.34. The number of nitrogens with zero attached hydrogens (tertiary/aromatic N) is 3. The van der Waals surface area contributed by atoms with Crippen LogP contribution in [0.15, 0.2) is 29.0 Å². The Labute approximate surface area is 147 Å². The lowest BCUT2D eigenvalue weighted by Gasteiger charge is -2.39. The van der Waals surface area contributed by atoms with Crippen LogP contribution in [0.4, 0.5) is 0 Å². The molecule has 2 saturated heterocycles. The van der Waals surface area contributed by atoms with Crippen molar-refractivity contribution in [2.45, 2.75) is 51.1 Å². The average Bonchev–Trinajstić information content (AvgIpc) is 3.11. The quantitative estimate of drug-likeness (QED) is 0.928. The van der Waals surface area contributed by atoms with Crippen LogP contribution in [-0.4, -0.2) is 39.6 Å². The van der Waals surface area contributed by atoms with Crippen LogP contribution in [0.5, 0.6) is 0 Å². The van der Waals surface area contributed by atoms with E-state index in [1.165, 1.54) is 5.56 Å². The molecule has 4 rings (SSSR count). The van der Waals surface area contributed by atoms with E-state index >= 15 is 0 Å². The van der Waals surface area contributed by atoms with Crippen molar-refractivity contribution in [3.05, 3.63) is 47.1 Å². The summed E-state index contributed by atoms with van der Waals surface area (Å²) in [6.07, 6.45) is 6.41. The van der Waals surface area contributed by atoms with E-state index < -0.39 is 0 Å². The normalized spacial score (nSPS) is 23.1. The number of hydrogen-bond acceptors (Lipinski definition) is 5. The number of hydrogen-bond donors (Lipinski definition) is 1. The fraction of sp³-hybridized carbons (Fsp3) is 0.526. The van der Waals surface area contributed by atoms with E-state index in [0.29, 0.717) is 0 Å². The second-order valence-corrected chi connectivity index (χ2v) is 7.39. The third-order valence-corrected chi connectivity index (χ3v) is 5.76. The van der Waals surface area contributed by atoms with Crippen LogP contribution in [0.1, 0.15) is 47.8 Å². The second kappa shape index (κ2) is 6.26. The number of rotatable bonds is 3. The zero-order valence-corrected chi connectivity index (χ0v) is 14.8. The number of carbonyl (C=O) groups excluding carboxylic acids is 1. The molecule has 0 bridgehead atoms. The Hall–Kier alpha value is -2.21. The topological polar surface area (TPSA) is 71.3 Å². The lowest BCUT2D eigenvalue weighted by Crippen LogP contribution is -2.50. The Bertz CT molecular complexity index is 743. The monoisotopic (exact) mass is 340 g/mol. The van der Waals surface area contributed by atoms with E-state index in [9.17, 15) is 4.79 Å². The van der Waals surface area contributed by atoms with Gasteiger partial charge in [-0.25, -0.2) is 0 Å². The first kappa shape index (κ1) is 16.3. The summed E-state index contributed by atoms with van der Waals surface area (Å²) in [6, 6.07) is 3.91. The van der Waals surface area contributed by atoms with Crippen LogP contribution in [0.2, 0.25) is 0 Å². The molecule has 25 heavy (non-hydrogen) atoms. The number of nitrogens with one attached hydrogen (secondary N) is 1. The van der Waals surface area contributed by atoms with Crippen molar-refractivity contribution in [1.29, 1.82) is 0 Å². The third kappa shape index (κ3) is 3.06. The van der Waals surface area contributed by atoms with E-state index in [1.54, 1.807) is 6.20 Å². The van der Waals surface area contributed by atoms with E-state index in [4.69, 9.17) is 4.52 Å². The predicted octanol–water partition coefficient (Wildman–Crippen LogP) is 2.32. The summed E-state index contributed by atoms with van der Waals surface area (Å²) in [6.45, 7) is 6.79. The molecule has 2 aliphatic rings. The van der Waals surface area contributed by atoms with Gasteiger partial charge in [-0.3, -0.25) is 14.7 Å². The molecule has 6 nitrogen and oxygen atoms in total. The smallest absolute Gasteiger partial charge is 0.228 e. The molecule has 2 aromatic rings. The SMILES string of the molecule is Cc1noc(C)c1CN1CCC2(CC1)CC(c1cccnc1)C(=O)N2. The maximum absolute atomic E-state index is 12.5. The molecule has 0 radical (unpaired) electrons. The Morgan fingerprint density at radius 1 is 1.36 bits per heavy atom. The Morgan fingerprint density at radius 3 is 2.80 bits per heavy atom. The number of aryl methyl sites for hydroxylation is 2. The van der Waals surface area contributed by atoms with Gasteiger partial charge in [-0.1, -0.05) is 11.2 Å². The standard InChI is InChI=1S/C19H24N4O2/c1-13-17(14(2)25-22-13)12-23-8-5-19(6-9-23)10-16(18(24)21-19)15-4-3-7-20-11-15/h3-4,7,11,16H,5-6,8-10,12H2,1-2H3,(H,21,24). The summed E-state index contributed by atoms with van der Waals surface area (Å²) < 4.78 is 5.27. The zero-order valence-electron chi connectivity index (χ0n) is 14.8. The van der Waals surface area contributed by atoms with Gasteiger partial charge in [0.2, 0.25) is 5.91 Å². The maximum Gasteiger partial charge on any atom is 0.228 e. The molecule has 1 unspecified atom stereocenters. The first-order valence-corrected chi connectivity index (χ1v) is 8.92. The molecule has 132 valence electrons. The molecule has 0 aliphatic carbocycles. The van der Waals surface area contributed by atoms with Crippen molar-refractivity contribution in [3.8, 4) is 0 Å². The van der Waals surface area contributed by atoms with Crippen molar-refractivity contribution < 1.29 is 9.32 Å². The summed E-state index contributed by atoms with van der Waals surface area (Å²) >= 11 is 0. The number of likely N-dealkylation sites (tertiary alicyclic amines) is 1. The number of aromatic nitrogens is 2. The molecular formula is C19H24N4O2. The molecule has 6 heteroatoms. The fourth-order valence-electron chi connectivity index (χ4n) is 4.15. The minimum atomic E-state index is -0.0668. The molecule has 0 saturated carbocycles. The van der Waals surface area contributed by atoms with E-state index in [0.717, 1.165) is 55.9 Å². The van der Waals surface area contributed by atoms with E-state index in [2.05, 4.69) is 20.4 Å². The number of amides is 1. The van der Waals surface area contributed by atoms with Crippen LogP contribution in [0.25, 0.3) is 0 Å². The highest BCUT2D eigenvalue weighted by Gasteiger charge is 2.46. The van der Waals surface area contributed by atoms with Gasteiger partial charge in [-0.05, 0) is 44.7 Å². The van der Waals surface area contributed by atoms with Gasteiger partial charge in [0.25, 0.3) is 0 Å². The number of pyridine rings is 1. The minimum Gasteiger partial charge on any atom is -0.361 e. The van der Waals surface area contributed by atoms with Gasteiger partial charge in [0.1, 0.15) is 5.76 Å². The molecule has 1 N–H and O–H groups in total. The van der Waals surface area contributed by atoms with Crippen LogP contribution in [0.3, 0.4) is 0 Å². The van der Waals surface area contributed by atoms with E-state index in [1.807, 2.05) is 32.2 Å². The first-order valence-electron chi connectivity index (χ1n) is 8.92. The molecular weight excluding hydrogens is 316 g/mol. The van der Waals surface area contributed by atoms with E-state index in [-0.39, 0.29) is 17.4 Å².